The molecule has 1 amide bonds. The molecule has 4 rings (SSSR count). The van der Waals surface area contributed by atoms with Gasteiger partial charge in [0, 0.05) is 43.7 Å². The Bertz CT molecular complexity index is 1440. The molecular formula is C34H45ClFN3O6S. The molecule has 0 aromatic heterocycles. The Morgan fingerprint density at radius 2 is 1.96 bits per heavy atom. The molecule has 5 atom stereocenters. The number of carboxylic acids is 1. The maximum absolute atomic E-state index is 15.1. The van der Waals surface area contributed by atoms with Gasteiger partial charge in [-0.3, -0.25) is 14.4 Å². The topological polar surface area (TPSA) is 108 Å². The Hall–Kier alpha value is -2.99. The van der Waals surface area contributed by atoms with Gasteiger partial charge in [-0.2, -0.15) is 0 Å². The number of fused-ring (bicyclic) bond motifs is 1. The molecule has 1 heterocycles. The molecule has 0 radical (unpaired) electrons. The summed E-state index contributed by atoms with van der Waals surface area (Å²) < 4.78 is 42.3. The van der Waals surface area contributed by atoms with Gasteiger partial charge in [0.1, 0.15) is 29.2 Å². The summed E-state index contributed by atoms with van der Waals surface area (Å²) in [4.78, 5) is 27.7. The van der Waals surface area contributed by atoms with Gasteiger partial charge in [0.2, 0.25) is 0 Å². The summed E-state index contributed by atoms with van der Waals surface area (Å²) in [6.45, 7) is 5.02. The van der Waals surface area contributed by atoms with Crippen LogP contribution in [0.1, 0.15) is 66.9 Å². The highest BCUT2D eigenvalue weighted by molar-refractivity contribution is 7.84. The summed E-state index contributed by atoms with van der Waals surface area (Å²) >= 11 is 6.21. The summed E-state index contributed by atoms with van der Waals surface area (Å²) in [5.74, 6) is -1.27. The lowest BCUT2D eigenvalue weighted by Gasteiger charge is -2.37. The number of amides is 1. The van der Waals surface area contributed by atoms with Gasteiger partial charge in [-0.1, -0.05) is 30.7 Å². The normalized spacial score (nSPS) is 19.3. The lowest BCUT2D eigenvalue weighted by Crippen LogP contribution is -2.48. The van der Waals surface area contributed by atoms with Crippen LogP contribution < -0.4 is 14.4 Å². The quantitative estimate of drug-likeness (QED) is 0.232. The van der Waals surface area contributed by atoms with Crippen molar-refractivity contribution in [2.24, 2.45) is 5.92 Å². The fourth-order valence-corrected chi connectivity index (χ4v) is 6.94. The van der Waals surface area contributed by atoms with Crippen LogP contribution in [0.2, 0.25) is 5.02 Å². The summed E-state index contributed by atoms with van der Waals surface area (Å²) in [5, 5.41) is 9.12. The third-order valence-corrected chi connectivity index (χ3v) is 10.6. The molecular weight excluding hydrogens is 633 g/mol. The molecule has 2 N–H and O–H groups in total. The van der Waals surface area contributed by atoms with Crippen molar-refractivity contribution in [1.29, 1.82) is 0 Å². The number of nitrogens with one attached hydrogen (secondary N) is 1. The number of allylic oxidation sites excluding steroid dienone is 1. The van der Waals surface area contributed by atoms with E-state index in [2.05, 4.69) is 10.8 Å². The number of carbonyl (C=O) groups excluding carboxylic acids is 1. The highest BCUT2D eigenvalue weighted by Gasteiger charge is 2.29. The van der Waals surface area contributed by atoms with Gasteiger partial charge in [0.05, 0.1) is 30.2 Å². The van der Waals surface area contributed by atoms with E-state index < -0.39 is 46.6 Å². The van der Waals surface area contributed by atoms with Gasteiger partial charge in [-0.05, 0) is 86.4 Å². The number of nitrogens with zero attached hydrogens (tertiary/aromatic N) is 2. The highest BCUT2D eigenvalue weighted by Crippen LogP contribution is 2.35. The van der Waals surface area contributed by atoms with Gasteiger partial charge in [0.25, 0.3) is 5.91 Å². The standard InChI is InChI=1S/C34H45ClFN3O6S/c1-22(9-13-29(36)31(39-15-6-16-39)20-44-21-33(40)41)23(2)46(43)37-34(42)25-10-14-32(30(18-25)38(3)4)45-19-26-8-5-7-24-17-27(35)11-12-28(24)26/h10-14,17-18,22-23,26,31H,5-9,15-16,19-21H2,1-4H3,(H,37,42)(H,40,41)/b29-13-. The number of hydrogen-bond acceptors (Lipinski definition) is 7. The minimum absolute atomic E-state index is 0.0524. The number of hydrogen-bond donors (Lipinski definition) is 2. The Kier molecular flexibility index (Phi) is 13.0. The lowest BCUT2D eigenvalue weighted by molar-refractivity contribution is -0.142. The van der Waals surface area contributed by atoms with Crippen molar-refractivity contribution in [2.75, 3.05) is 51.9 Å². The van der Waals surface area contributed by atoms with Crippen molar-refractivity contribution in [2.45, 2.75) is 63.2 Å². The van der Waals surface area contributed by atoms with Crippen LogP contribution in [0.15, 0.2) is 48.3 Å². The molecule has 0 saturated carbocycles. The van der Waals surface area contributed by atoms with E-state index in [1.807, 2.05) is 43.0 Å². The molecule has 252 valence electrons. The lowest BCUT2D eigenvalue weighted by atomic mass is 9.83. The molecule has 9 nitrogen and oxygen atoms in total. The number of carboxylic acid groups (broad SMARTS) is 1. The van der Waals surface area contributed by atoms with Crippen molar-refractivity contribution in [3.05, 3.63) is 70.0 Å². The second-order valence-corrected chi connectivity index (χ2v) is 14.3. The van der Waals surface area contributed by atoms with Crippen LogP contribution in [0.4, 0.5) is 10.1 Å². The fraction of sp³-hybridized carbons (Fsp3) is 0.529. The zero-order chi connectivity index (χ0) is 33.4. The average Bonchev–Trinajstić information content (AvgIpc) is 3.00. The number of ether oxygens (including phenoxy) is 2. The Morgan fingerprint density at radius 3 is 2.63 bits per heavy atom. The van der Waals surface area contributed by atoms with E-state index in [9.17, 15) is 13.8 Å². The highest BCUT2D eigenvalue weighted by atomic mass is 35.5. The molecule has 12 heteroatoms. The number of anilines is 1. The van der Waals surface area contributed by atoms with Gasteiger partial charge in [0.15, 0.2) is 0 Å². The second kappa shape index (κ2) is 16.7. The van der Waals surface area contributed by atoms with Crippen molar-refractivity contribution in [3.63, 3.8) is 0 Å². The van der Waals surface area contributed by atoms with E-state index in [4.69, 9.17) is 26.2 Å². The predicted molar refractivity (Wildman–Crippen MR) is 180 cm³/mol. The molecule has 0 spiro atoms. The molecule has 1 aliphatic carbocycles. The molecule has 46 heavy (non-hydrogen) atoms. The zero-order valence-electron chi connectivity index (χ0n) is 27.0. The summed E-state index contributed by atoms with van der Waals surface area (Å²) in [7, 11) is 2.03. The Morgan fingerprint density at radius 1 is 1.20 bits per heavy atom. The number of halogens is 2. The van der Waals surface area contributed by atoms with Crippen molar-refractivity contribution < 1.29 is 32.8 Å². The first-order valence-electron chi connectivity index (χ1n) is 15.8. The molecule has 2 aromatic rings. The molecule has 1 fully saturated rings. The monoisotopic (exact) mass is 677 g/mol. The second-order valence-electron chi connectivity index (χ2n) is 12.4. The van der Waals surface area contributed by atoms with Crippen molar-refractivity contribution in [3.8, 4) is 5.75 Å². The van der Waals surface area contributed by atoms with E-state index in [1.54, 1.807) is 25.1 Å². The van der Waals surface area contributed by atoms with Gasteiger partial charge < -0.3 is 19.5 Å². The minimum atomic E-state index is -1.72. The summed E-state index contributed by atoms with van der Waals surface area (Å²) in [6.07, 6.45) is 5.81. The predicted octanol–water partition coefficient (Wildman–Crippen LogP) is 5.74. The Labute approximate surface area is 278 Å². The number of likely N-dealkylation sites (tertiary alicyclic amines) is 1. The van der Waals surface area contributed by atoms with Crippen LogP contribution in [0.3, 0.4) is 0 Å². The van der Waals surface area contributed by atoms with Crippen LogP contribution >= 0.6 is 11.6 Å². The maximum atomic E-state index is 15.1. The number of benzene rings is 2. The van der Waals surface area contributed by atoms with Crippen molar-refractivity contribution >= 4 is 40.2 Å². The molecule has 2 aromatic carbocycles. The van der Waals surface area contributed by atoms with E-state index in [1.165, 1.54) is 17.2 Å². The Balaban J connectivity index is 1.34. The van der Waals surface area contributed by atoms with Crippen LogP contribution in [0.25, 0.3) is 0 Å². The van der Waals surface area contributed by atoms with Crippen LogP contribution in [0, 0.1) is 5.92 Å². The first-order valence-corrected chi connectivity index (χ1v) is 17.4. The fourth-order valence-electron chi connectivity index (χ4n) is 5.73. The van der Waals surface area contributed by atoms with E-state index in [0.717, 1.165) is 49.5 Å². The van der Waals surface area contributed by atoms with Gasteiger partial charge in [-0.25, -0.2) is 13.4 Å². The number of carbonyl (C=O) groups is 2. The average molecular weight is 678 g/mol. The molecule has 5 unspecified atom stereocenters. The van der Waals surface area contributed by atoms with Crippen molar-refractivity contribution in [1.82, 2.24) is 9.62 Å². The molecule has 1 aliphatic heterocycles. The first kappa shape index (κ1) is 35.9. The molecule has 1 saturated heterocycles. The molecule has 0 bridgehead atoms. The largest absolute Gasteiger partial charge is 0.491 e. The summed E-state index contributed by atoms with van der Waals surface area (Å²) in [5.41, 5.74) is 3.62. The van der Waals surface area contributed by atoms with Crippen LogP contribution in [-0.2, 0) is 26.9 Å². The van der Waals surface area contributed by atoms with Gasteiger partial charge >= 0.3 is 5.97 Å². The maximum Gasteiger partial charge on any atom is 0.329 e. The third kappa shape index (κ3) is 9.53. The number of aryl methyl sites for hydroxylation is 1. The van der Waals surface area contributed by atoms with E-state index >= 15 is 4.39 Å². The number of aliphatic carboxylic acids is 1. The summed E-state index contributed by atoms with van der Waals surface area (Å²) in [6, 6.07) is 10.6. The molecule has 2 aliphatic rings. The first-order chi connectivity index (χ1) is 21.9. The van der Waals surface area contributed by atoms with Crippen LogP contribution in [-0.4, -0.2) is 84.4 Å². The number of rotatable bonds is 16. The van der Waals surface area contributed by atoms with Gasteiger partial charge in [-0.15, -0.1) is 0 Å². The minimum Gasteiger partial charge on any atom is -0.491 e. The SMILES string of the molecule is CC(C/C=C(\F)C(COCC(=O)O)N1CCC1)C(C)S(=O)NC(=O)c1ccc(OCC2CCCc3cc(Cl)ccc32)c(N(C)C)c1. The smallest absolute Gasteiger partial charge is 0.329 e. The van der Waals surface area contributed by atoms with E-state index in [0.29, 0.717) is 24.3 Å². The van der Waals surface area contributed by atoms with Crippen LogP contribution in [0.5, 0.6) is 5.75 Å². The van der Waals surface area contributed by atoms with E-state index in [-0.39, 0.29) is 18.4 Å². The zero-order valence-corrected chi connectivity index (χ0v) is 28.5. The third-order valence-electron chi connectivity index (χ3n) is 8.85.